The van der Waals surface area contributed by atoms with E-state index >= 15 is 0 Å². The molecule has 106 valence electrons. The number of hydrogen-bond donors (Lipinski definition) is 0. The molecule has 2 atom stereocenters. The van der Waals surface area contributed by atoms with Crippen LogP contribution in [0.3, 0.4) is 0 Å². The van der Waals surface area contributed by atoms with Crippen LogP contribution in [-0.4, -0.2) is 29.3 Å². The molecule has 2 nitrogen and oxygen atoms in total. The van der Waals surface area contributed by atoms with Gasteiger partial charge in [-0.05, 0) is 24.2 Å². The zero-order chi connectivity index (χ0) is 13.8. The molecular formula is C15H28ClNO. The molecule has 3 heteroatoms. The monoisotopic (exact) mass is 273 g/mol. The Bertz CT molecular complexity index is 272. The summed E-state index contributed by atoms with van der Waals surface area (Å²) in [5, 5.41) is 0. The molecule has 0 aromatic rings. The molecule has 0 aromatic heterocycles. The topological polar surface area (TPSA) is 20.3 Å². The lowest BCUT2D eigenvalue weighted by Crippen LogP contribution is -2.42. The van der Waals surface area contributed by atoms with Crippen LogP contribution in [0.4, 0.5) is 0 Å². The second-order valence-corrected chi connectivity index (χ2v) is 7.02. The van der Waals surface area contributed by atoms with E-state index in [-0.39, 0.29) is 11.5 Å². The summed E-state index contributed by atoms with van der Waals surface area (Å²) in [7, 11) is 0. The first-order valence-corrected chi connectivity index (χ1v) is 7.75. The molecule has 1 heterocycles. The van der Waals surface area contributed by atoms with Crippen LogP contribution in [0.25, 0.3) is 0 Å². The number of alkyl halides is 1. The molecule has 0 aromatic carbocycles. The van der Waals surface area contributed by atoms with E-state index in [9.17, 15) is 4.79 Å². The molecule has 0 N–H and O–H groups in total. The summed E-state index contributed by atoms with van der Waals surface area (Å²) in [6, 6.07) is 0.258. The highest BCUT2D eigenvalue weighted by molar-refractivity contribution is 6.18. The molecule has 1 aliphatic rings. The summed E-state index contributed by atoms with van der Waals surface area (Å²) in [4.78, 5) is 14.5. The number of nitrogens with zero attached hydrogens (tertiary/aromatic N) is 1. The predicted octanol–water partition coefficient (Wildman–Crippen LogP) is 4.07. The van der Waals surface area contributed by atoms with Gasteiger partial charge in [0.2, 0.25) is 5.91 Å². The molecule has 0 spiro atoms. The van der Waals surface area contributed by atoms with Crippen molar-refractivity contribution in [3.05, 3.63) is 0 Å². The predicted molar refractivity (Wildman–Crippen MR) is 77.9 cm³/mol. The molecule has 1 saturated heterocycles. The Morgan fingerprint density at radius 3 is 2.56 bits per heavy atom. The third-order valence-electron chi connectivity index (χ3n) is 4.33. The zero-order valence-electron chi connectivity index (χ0n) is 12.3. The van der Waals surface area contributed by atoms with E-state index in [1.807, 2.05) is 4.90 Å². The Balaban J connectivity index is 2.62. The molecule has 1 amide bonds. The Labute approximate surface area is 117 Å². The third-order valence-corrected chi connectivity index (χ3v) is 4.69. The van der Waals surface area contributed by atoms with Gasteiger partial charge in [-0.25, -0.2) is 0 Å². The van der Waals surface area contributed by atoms with Gasteiger partial charge in [0.15, 0.2) is 0 Å². The van der Waals surface area contributed by atoms with E-state index in [1.54, 1.807) is 0 Å². The molecule has 18 heavy (non-hydrogen) atoms. The molecule has 1 aliphatic heterocycles. The van der Waals surface area contributed by atoms with Crippen LogP contribution in [0.1, 0.15) is 59.8 Å². The Kier molecular flexibility index (Phi) is 5.97. The number of carbonyl (C=O) groups excluding carboxylic acids is 1. The molecule has 2 unspecified atom stereocenters. The molecule has 0 bridgehead atoms. The fraction of sp³-hybridized carbons (Fsp3) is 0.933. The Hall–Kier alpha value is -0.240. The first-order chi connectivity index (χ1) is 8.36. The highest BCUT2D eigenvalue weighted by atomic mass is 35.5. The van der Waals surface area contributed by atoms with E-state index < -0.39 is 0 Å². The maximum absolute atomic E-state index is 12.4. The minimum absolute atomic E-state index is 0.192. The summed E-state index contributed by atoms with van der Waals surface area (Å²) in [6.45, 7) is 9.67. The molecule has 1 fully saturated rings. The molecule has 0 radical (unpaired) electrons. The highest BCUT2D eigenvalue weighted by Gasteiger charge is 2.29. The van der Waals surface area contributed by atoms with E-state index in [1.165, 1.54) is 12.8 Å². The second-order valence-electron chi connectivity index (χ2n) is 6.72. The smallest absolute Gasteiger partial charge is 0.223 e. The number of likely N-dealkylation sites (tertiary alicyclic amines) is 1. The van der Waals surface area contributed by atoms with Crippen molar-refractivity contribution in [3.8, 4) is 0 Å². The fourth-order valence-corrected chi connectivity index (χ4v) is 2.67. The van der Waals surface area contributed by atoms with Crippen LogP contribution < -0.4 is 0 Å². The highest BCUT2D eigenvalue weighted by Crippen LogP contribution is 2.29. The molecular weight excluding hydrogens is 246 g/mol. The van der Waals surface area contributed by atoms with Crippen LogP contribution in [0, 0.1) is 11.3 Å². The third kappa shape index (κ3) is 4.46. The van der Waals surface area contributed by atoms with Gasteiger partial charge in [-0.2, -0.15) is 0 Å². The van der Waals surface area contributed by atoms with Crippen molar-refractivity contribution in [1.82, 2.24) is 4.90 Å². The first kappa shape index (κ1) is 15.8. The zero-order valence-corrected chi connectivity index (χ0v) is 13.1. The SMILES string of the molecule is CC(CC(=O)N1CCCCCC1CCl)C(C)(C)C. The molecule has 0 saturated carbocycles. The van der Waals surface area contributed by atoms with Crippen molar-refractivity contribution >= 4 is 17.5 Å². The van der Waals surface area contributed by atoms with Gasteiger partial charge in [-0.1, -0.05) is 40.5 Å². The number of amides is 1. The first-order valence-electron chi connectivity index (χ1n) is 7.21. The second kappa shape index (κ2) is 6.79. The van der Waals surface area contributed by atoms with Crippen molar-refractivity contribution in [2.24, 2.45) is 11.3 Å². The van der Waals surface area contributed by atoms with Gasteiger partial charge in [-0.15, -0.1) is 11.6 Å². The summed E-state index contributed by atoms with van der Waals surface area (Å²) < 4.78 is 0. The van der Waals surface area contributed by atoms with Crippen molar-refractivity contribution in [2.75, 3.05) is 12.4 Å². The van der Waals surface area contributed by atoms with Gasteiger partial charge < -0.3 is 4.90 Å². The maximum atomic E-state index is 12.4. The van der Waals surface area contributed by atoms with Gasteiger partial charge in [0.25, 0.3) is 0 Å². The van der Waals surface area contributed by atoms with Crippen LogP contribution in [0.5, 0.6) is 0 Å². The van der Waals surface area contributed by atoms with Gasteiger partial charge in [0.1, 0.15) is 0 Å². The van der Waals surface area contributed by atoms with E-state index in [0.717, 1.165) is 19.4 Å². The van der Waals surface area contributed by atoms with Gasteiger partial charge in [-0.3, -0.25) is 4.79 Å². The maximum Gasteiger partial charge on any atom is 0.223 e. The van der Waals surface area contributed by atoms with Crippen LogP contribution in [0.2, 0.25) is 0 Å². The number of hydrogen-bond acceptors (Lipinski definition) is 1. The van der Waals surface area contributed by atoms with Crippen molar-refractivity contribution in [3.63, 3.8) is 0 Å². The van der Waals surface area contributed by atoms with Gasteiger partial charge in [0, 0.05) is 24.9 Å². The summed E-state index contributed by atoms with van der Waals surface area (Å²) in [5.74, 6) is 1.28. The Morgan fingerprint density at radius 2 is 2.00 bits per heavy atom. The van der Waals surface area contributed by atoms with Crippen molar-refractivity contribution in [1.29, 1.82) is 0 Å². The number of rotatable bonds is 3. The molecule has 0 aliphatic carbocycles. The van der Waals surface area contributed by atoms with E-state index in [4.69, 9.17) is 11.6 Å². The standard InChI is InChI=1S/C15H28ClNO/c1-12(15(2,3)4)10-14(18)17-9-7-5-6-8-13(17)11-16/h12-13H,5-11H2,1-4H3. The quantitative estimate of drug-likeness (QED) is 0.710. The van der Waals surface area contributed by atoms with Crippen molar-refractivity contribution < 1.29 is 4.79 Å². The van der Waals surface area contributed by atoms with E-state index in [2.05, 4.69) is 27.7 Å². The number of carbonyl (C=O) groups is 1. The van der Waals surface area contributed by atoms with Gasteiger partial charge in [0.05, 0.1) is 0 Å². The average Bonchev–Trinajstić information content (AvgIpc) is 2.52. The van der Waals surface area contributed by atoms with Crippen molar-refractivity contribution in [2.45, 2.75) is 65.8 Å². The lowest BCUT2D eigenvalue weighted by atomic mass is 9.80. The van der Waals surface area contributed by atoms with Gasteiger partial charge >= 0.3 is 0 Å². The average molecular weight is 274 g/mol. The van der Waals surface area contributed by atoms with Crippen LogP contribution >= 0.6 is 11.6 Å². The minimum Gasteiger partial charge on any atom is -0.339 e. The normalized spacial score (nSPS) is 23.6. The minimum atomic E-state index is 0.192. The lowest BCUT2D eigenvalue weighted by molar-refractivity contribution is -0.134. The summed E-state index contributed by atoms with van der Waals surface area (Å²) >= 11 is 6.02. The fourth-order valence-electron chi connectivity index (χ4n) is 2.35. The van der Waals surface area contributed by atoms with Crippen LogP contribution in [-0.2, 0) is 4.79 Å². The number of halogens is 1. The summed E-state index contributed by atoms with van der Waals surface area (Å²) in [6.07, 6.45) is 5.28. The van der Waals surface area contributed by atoms with Crippen LogP contribution in [0.15, 0.2) is 0 Å². The Morgan fingerprint density at radius 1 is 1.33 bits per heavy atom. The summed E-state index contributed by atoms with van der Waals surface area (Å²) in [5.41, 5.74) is 0.192. The van der Waals surface area contributed by atoms with E-state index in [0.29, 0.717) is 24.1 Å². The molecule has 1 rings (SSSR count). The lowest BCUT2D eigenvalue weighted by Gasteiger charge is -2.33. The largest absolute Gasteiger partial charge is 0.339 e.